The summed E-state index contributed by atoms with van der Waals surface area (Å²) in [4.78, 5) is 15.4. The van der Waals surface area contributed by atoms with Crippen LogP contribution in [-0.4, -0.2) is 41.6 Å². The Labute approximate surface area is 201 Å². The molecule has 180 valence electrons. The fourth-order valence-electron chi connectivity index (χ4n) is 5.16. The third-order valence-corrected chi connectivity index (χ3v) is 7.54. The minimum Gasteiger partial charge on any atom is -0.379 e. The lowest BCUT2D eigenvalue weighted by Gasteiger charge is -2.27. The van der Waals surface area contributed by atoms with Crippen LogP contribution < -0.4 is 10.6 Å². The van der Waals surface area contributed by atoms with E-state index in [1.807, 2.05) is 17.0 Å². The Morgan fingerprint density at radius 3 is 2.59 bits per heavy atom. The number of rotatable bonds is 7. The number of hydrogen-bond donors (Lipinski definition) is 2. The zero-order valence-electron chi connectivity index (χ0n) is 20.5. The van der Waals surface area contributed by atoms with Crippen molar-refractivity contribution in [2.75, 3.05) is 31.5 Å². The molecule has 6 heteroatoms. The van der Waals surface area contributed by atoms with Crippen molar-refractivity contribution in [3.8, 4) is 0 Å². The maximum atomic E-state index is 13.8. The maximum absolute atomic E-state index is 13.8. The SMILES string of the molecule is CCc1cc(F)ccc1CNc1cc(C(=O)N2CCNCC2)cc2c(C)c(C)n(CC3CC3)c12. The summed E-state index contributed by atoms with van der Waals surface area (Å²) in [5, 5.41) is 8.12. The summed E-state index contributed by atoms with van der Waals surface area (Å²) in [5.41, 5.74) is 7.51. The first-order valence-corrected chi connectivity index (χ1v) is 12.6. The second-order valence-electron chi connectivity index (χ2n) is 9.85. The first kappa shape index (κ1) is 22.9. The molecule has 1 aromatic heterocycles. The zero-order chi connectivity index (χ0) is 23.8. The Morgan fingerprint density at radius 2 is 1.88 bits per heavy atom. The van der Waals surface area contributed by atoms with Gasteiger partial charge in [0.15, 0.2) is 0 Å². The smallest absolute Gasteiger partial charge is 0.254 e. The second kappa shape index (κ2) is 9.41. The van der Waals surface area contributed by atoms with Crippen molar-refractivity contribution in [1.82, 2.24) is 14.8 Å². The number of fused-ring (bicyclic) bond motifs is 1. The van der Waals surface area contributed by atoms with Crippen molar-refractivity contribution in [2.24, 2.45) is 5.92 Å². The minimum atomic E-state index is -0.198. The third kappa shape index (κ3) is 4.43. The molecule has 1 aliphatic heterocycles. The first-order chi connectivity index (χ1) is 16.5. The molecular formula is C28H35FN4O. The maximum Gasteiger partial charge on any atom is 0.254 e. The van der Waals surface area contributed by atoms with Crippen LogP contribution in [0.3, 0.4) is 0 Å². The van der Waals surface area contributed by atoms with Crippen molar-refractivity contribution >= 4 is 22.5 Å². The summed E-state index contributed by atoms with van der Waals surface area (Å²) >= 11 is 0. The van der Waals surface area contributed by atoms with Crippen molar-refractivity contribution in [2.45, 2.75) is 53.1 Å². The molecule has 5 rings (SSSR count). The molecule has 0 bridgehead atoms. The van der Waals surface area contributed by atoms with Gasteiger partial charge < -0.3 is 20.1 Å². The van der Waals surface area contributed by atoms with Gasteiger partial charge in [-0.2, -0.15) is 0 Å². The molecule has 1 amide bonds. The number of halogens is 1. The topological polar surface area (TPSA) is 49.3 Å². The Hall–Kier alpha value is -2.86. The highest BCUT2D eigenvalue weighted by Crippen LogP contribution is 2.38. The molecule has 2 heterocycles. The first-order valence-electron chi connectivity index (χ1n) is 12.6. The fourth-order valence-corrected chi connectivity index (χ4v) is 5.16. The molecule has 0 radical (unpaired) electrons. The number of nitrogens with one attached hydrogen (secondary N) is 2. The van der Waals surface area contributed by atoms with E-state index in [1.54, 1.807) is 6.07 Å². The highest BCUT2D eigenvalue weighted by molar-refractivity contribution is 6.04. The van der Waals surface area contributed by atoms with Gasteiger partial charge in [-0.15, -0.1) is 0 Å². The number of hydrogen-bond acceptors (Lipinski definition) is 3. The van der Waals surface area contributed by atoms with Crippen LogP contribution in [0.4, 0.5) is 10.1 Å². The van der Waals surface area contributed by atoms with Crippen LogP contribution in [0.25, 0.3) is 10.9 Å². The lowest BCUT2D eigenvalue weighted by Crippen LogP contribution is -2.46. The van der Waals surface area contributed by atoms with Gasteiger partial charge in [0.2, 0.25) is 0 Å². The number of nitrogens with zero attached hydrogens (tertiary/aromatic N) is 2. The molecule has 2 aromatic carbocycles. The van der Waals surface area contributed by atoms with Crippen LogP contribution in [0.1, 0.15) is 52.5 Å². The van der Waals surface area contributed by atoms with Crippen molar-refractivity contribution in [3.05, 3.63) is 64.1 Å². The summed E-state index contributed by atoms with van der Waals surface area (Å²) < 4.78 is 16.2. The molecule has 0 spiro atoms. The van der Waals surface area contributed by atoms with E-state index in [1.165, 1.54) is 35.7 Å². The largest absolute Gasteiger partial charge is 0.379 e. The molecule has 2 N–H and O–H groups in total. The molecule has 5 nitrogen and oxygen atoms in total. The van der Waals surface area contributed by atoms with Crippen LogP contribution in [0, 0.1) is 25.6 Å². The third-order valence-electron chi connectivity index (χ3n) is 7.54. The standard InChI is InChI=1S/C28H35FN4O/c1-4-21-13-24(29)8-7-22(21)16-31-26-15-23(28(34)32-11-9-30-10-12-32)14-25-18(2)19(3)33(27(25)26)17-20-5-6-20/h7-8,13-15,20,30-31H,4-6,9-12,16-17H2,1-3H3. The van der Waals surface area contributed by atoms with Gasteiger partial charge in [0.25, 0.3) is 5.91 Å². The summed E-state index contributed by atoms with van der Waals surface area (Å²) in [6.45, 7) is 11.2. The highest BCUT2D eigenvalue weighted by atomic mass is 19.1. The van der Waals surface area contributed by atoms with Crippen molar-refractivity contribution in [1.29, 1.82) is 0 Å². The molecule has 2 aliphatic rings. The number of carbonyl (C=O) groups excluding carboxylic acids is 1. The summed E-state index contributed by atoms with van der Waals surface area (Å²) in [6, 6.07) is 9.14. The predicted octanol–water partition coefficient (Wildman–Crippen LogP) is 5.03. The van der Waals surface area contributed by atoms with Crippen LogP contribution in [0.2, 0.25) is 0 Å². The number of aryl methyl sites for hydroxylation is 2. The lowest BCUT2D eigenvalue weighted by molar-refractivity contribution is 0.0736. The molecule has 34 heavy (non-hydrogen) atoms. The summed E-state index contributed by atoms with van der Waals surface area (Å²) in [5.74, 6) is 0.637. The van der Waals surface area contributed by atoms with Gasteiger partial charge in [-0.05, 0) is 80.0 Å². The van der Waals surface area contributed by atoms with E-state index in [9.17, 15) is 9.18 Å². The molecule has 1 saturated heterocycles. The van der Waals surface area contributed by atoms with Gasteiger partial charge in [0, 0.05) is 55.9 Å². The van der Waals surface area contributed by atoms with E-state index in [0.29, 0.717) is 6.54 Å². The normalized spacial score (nSPS) is 16.3. The Balaban J connectivity index is 1.56. The fraction of sp³-hybridized carbons (Fsp3) is 0.464. The summed E-state index contributed by atoms with van der Waals surface area (Å²) in [6.07, 6.45) is 3.35. The minimum absolute atomic E-state index is 0.0921. The van der Waals surface area contributed by atoms with Crippen LogP contribution in [-0.2, 0) is 19.5 Å². The molecular weight excluding hydrogens is 427 g/mol. The predicted molar refractivity (Wildman–Crippen MR) is 136 cm³/mol. The molecule has 2 fully saturated rings. The van der Waals surface area contributed by atoms with Crippen LogP contribution >= 0.6 is 0 Å². The molecule has 0 unspecified atom stereocenters. The van der Waals surface area contributed by atoms with Crippen molar-refractivity contribution in [3.63, 3.8) is 0 Å². The average molecular weight is 463 g/mol. The van der Waals surface area contributed by atoms with Crippen LogP contribution in [0.5, 0.6) is 0 Å². The Kier molecular flexibility index (Phi) is 6.34. The number of amides is 1. The number of aromatic nitrogens is 1. The van der Waals surface area contributed by atoms with Gasteiger partial charge in [-0.25, -0.2) is 4.39 Å². The van der Waals surface area contributed by atoms with Gasteiger partial charge in [0.05, 0.1) is 11.2 Å². The molecule has 0 atom stereocenters. The highest BCUT2D eigenvalue weighted by Gasteiger charge is 2.26. The zero-order valence-corrected chi connectivity index (χ0v) is 20.5. The Morgan fingerprint density at radius 1 is 1.12 bits per heavy atom. The summed E-state index contributed by atoms with van der Waals surface area (Å²) in [7, 11) is 0. The van der Waals surface area contributed by atoms with E-state index in [0.717, 1.165) is 72.8 Å². The Bertz CT molecular complexity index is 1220. The number of benzene rings is 2. The molecule has 1 saturated carbocycles. The number of piperazine rings is 1. The van der Waals surface area contributed by atoms with E-state index in [4.69, 9.17) is 0 Å². The molecule has 3 aromatic rings. The van der Waals surface area contributed by atoms with E-state index in [2.05, 4.69) is 42.0 Å². The van der Waals surface area contributed by atoms with Gasteiger partial charge in [0.1, 0.15) is 5.82 Å². The van der Waals surface area contributed by atoms with Gasteiger partial charge in [-0.1, -0.05) is 13.0 Å². The second-order valence-corrected chi connectivity index (χ2v) is 9.85. The quantitative estimate of drug-likeness (QED) is 0.518. The van der Waals surface area contributed by atoms with Crippen LogP contribution in [0.15, 0.2) is 30.3 Å². The molecule has 1 aliphatic carbocycles. The average Bonchev–Trinajstić information content (AvgIpc) is 3.65. The van der Waals surface area contributed by atoms with E-state index in [-0.39, 0.29) is 11.7 Å². The van der Waals surface area contributed by atoms with Gasteiger partial charge in [-0.3, -0.25) is 4.79 Å². The number of anilines is 1. The van der Waals surface area contributed by atoms with E-state index < -0.39 is 0 Å². The monoisotopic (exact) mass is 462 g/mol. The van der Waals surface area contributed by atoms with E-state index >= 15 is 0 Å². The van der Waals surface area contributed by atoms with Gasteiger partial charge >= 0.3 is 0 Å². The lowest BCUT2D eigenvalue weighted by atomic mass is 10.0. The van der Waals surface area contributed by atoms with Crippen molar-refractivity contribution < 1.29 is 9.18 Å². The number of carbonyl (C=O) groups is 1.